The van der Waals surface area contributed by atoms with Gasteiger partial charge in [-0.3, -0.25) is 0 Å². The van der Waals surface area contributed by atoms with Crippen molar-refractivity contribution in [2.24, 2.45) is 11.3 Å². The summed E-state index contributed by atoms with van der Waals surface area (Å²) in [7, 11) is 0. The van der Waals surface area contributed by atoms with Crippen LogP contribution in [-0.2, 0) is 9.53 Å². The Morgan fingerprint density at radius 2 is 2.00 bits per heavy atom. The van der Waals surface area contributed by atoms with Gasteiger partial charge in [-0.1, -0.05) is 27.4 Å². The number of hydrogen-bond acceptors (Lipinski definition) is 2. The van der Waals surface area contributed by atoms with Crippen LogP contribution >= 0.6 is 0 Å². The summed E-state index contributed by atoms with van der Waals surface area (Å²) in [6.07, 6.45) is 3.25. The normalized spacial score (nSPS) is 29.6. The highest BCUT2D eigenvalue weighted by Gasteiger charge is 2.33. The molecule has 0 aromatic rings. The van der Waals surface area contributed by atoms with Crippen molar-refractivity contribution in [1.29, 1.82) is 0 Å². The lowest BCUT2D eigenvalue weighted by molar-refractivity contribution is -0.148. The number of carbonyl (C=O) groups is 1. The first-order valence-corrected chi connectivity index (χ1v) is 5.66. The van der Waals surface area contributed by atoms with Crippen molar-refractivity contribution >= 4 is 5.97 Å². The maximum atomic E-state index is 11.4. The summed E-state index contributed by atoms with van der Waals surface area (Å²) < 4.78 is 5.42. The fourth-order valence-corrected chi connectivity index (χ4v) is 2.60. The van der Waals surface area contributed by atoms with E-state index in [9.17, 15) is 4.79 Å². The van der Waals surface area contributed by atoms with Crippen molar-refractivity contribution in [3.63, 3.8) is 0 Å². The molecule has 2 atom stereocenters. The summed E-state index contributed by atoms with van der Waals surface area (Å²) in [6.45, 7) is 12.0. The molecule has 0 aliphatic heterocycles. The van der Waals surface area contributed by atoms with E-state index >= 15 is 0 Å². The lowest BCUT2D eigenvalue weighted by atomic mass is 9.71. The van der Waals surface area contributed by atoms with Gasteiger partial charge in [0.2, 0.25) is 0 Å². The predicted molar refractivity (Wildman–Crippen MR) is 61.5 cm³/mol. The van der Waals surface area contributed by atoms with Crippen molar-refractivity contribution in [3.8, 4) is 0 Å². The van der Waals surface area contributed by atoms with Gasteiger partial charge in [0.15, 0.2) is 0 Å². The number of rotatable bonds is 2. The Kier molecular flexibility index (Phi) is 3.58. The second kappa shape index (κ2) is 4.38. The SMILES string of the molecule is C=C(C)C(=O)O[C@H]1C[C@H](C)CC(C)(C)C1. The molecule has 1 rings (SSSR count). The first kappa shape index (κ1) is 12.3. The maximum absolute atomic E-state index is 11.4. The first-order valence-electron chi connectivity index (χ1n) is 5.66. The Labute approximate surface area is 92.7 Å². The zero-order valence-electron chi connectivity index (χ0n) is 10.3. The van der Waals surface area contributed by atoms with Crippen LogP contribution in [0.25, 0.3) is 0 Å². The summed E-state index contributed by atoms with van der Waals surface area (Å²) in [6, 6.07) is 0. The quantitative estimate of drug-likeness (QED) is 0.516. The van der Waals surface area contributed by atoms with Crippen LogP contribution in [0.2, 0.25) is 0 Å². The molecule has 0 bridgehead atoms. The van der Waals surface area contributed by atoms with E-state index in [1.807, 2.05) is 0 Å². The molecule has 2 nitrogen and oxygen atoms in total. The minimum absolute atomic E-state index is 0.0768. The molecule has 0 spiro atoms. The number of ether oxygens (including phenoxy) is 1. The smallest absolute Gasteiger partial charge is 0.333 e. The van der Waals surface area contributed by atoms with Gasteiger partial charge in [0.1, 0.15) is 6.10 Å². The number of hydrogen-bond donors (Lipinski definition) is 0. The van der Waals surface area contributed by atoms with Crippen LogP contribution in [0.4, 0.5) is 0 Å². The van der Waals surface area contributed by atoms with Gasteiger partial charge in [0.05, 0.1) is 0 Å². The second-order valence-electron chi connectivity index (χ2n) is 5.72. The molecule has 0 heterocycles. The molecule has 0 amide bonds. The lowest BCUT2D eigenvalue weighted by Crippen LogP contribution is -2.34. The van der Waals surface area contributed by atoms with E-state index < -0.39 is 0 Å². The van der Waals surface area contributed by atoms with Crippen LogP contribution in [0, 0.1) is 11.3 Å². The lowest BCUT2D eigenvalue weighted by Gasteiger charge is -2.38. The van der Waals surface area contributed by atoms with Crippen molar-refractivity contribution in [1.82, 2.24) is 0 Å². The summed E-state index contributed by atoms with van der Waals surface area (Å²) in [4.78, 5) is 11.4. The van der Waals surface area contributed by atoms with Crippen LogP contribution in [-0.4, -0.2) is 12.1 Å². The van der Waals surface area contributed by atoms with E-state index in [-0.39, 0.29) is 17.5 Å². The van der Waals surface area contributed by atoms with Gasteiger partial charge < -0.3 is 4.74 Å². The van der Waals surface area contributed by atoms with Gasteiger partial charge >= 0.3 is 5.97 Å². The van der Waals surface area contributed by atoms with E-state index in [0.29, 0.717) is 11.5 Å². The zero-order chi connectivity index (χ0) is 11.6. The highest BCUT2D eigenvalue weighted by molar-refractivity contribution is 5.87. The predicted octanol–water partition coefficient (Wildman–Crippen LogP) is 3.32. The Balaban J connectivity index is 2.56. The number of carbonyl (C=O) groups excluding carboxylic acids is 1. The van der Waals surface area contributed by atoms with Crippen molar-refractivity contribution in [3.05, 3.63) is 12.2 Å². The van der Waals surface area contributed by atoms with Crippen molar-refractivity contribution in [2.75, 3.05) is 0 Å². The van der Waals surface area contributed by atoms with Gasteiger partial charge in [-0.2, -0.15) is 0 Å². The van der Waals surface area contributed by atoms with E-state index in [0.717, 1.165) is 12.8 Å². The van der Waals surface area contributed by atoms with Gasteiger partial charge in [-0.05, 0) is 37.5 Å². The van der Waals surface area contributed by atoms with Crippen molar-refractivity contribution in [2.45, 2.75) is 53.1 Å². The third-order valence-electron chi connectivity index (χ3n) is 2.97. The first-order chi connectivity index (χ1) is 6.80. The van der Waals surface area contributed by atoms with Gasteiger partial charge in [0, 0.05) is 5.57 Å². The summed E-state index contributed by atoms with van der Waals surface area (Å²) >= 11 is 0. The zero-order valence-corrected chi connectivity index (χ0v) is 10.3. The minimum Gasteiger partial charge on any atom is -0.459 e. The van der Waals surface area contributed by atoms with Gasteiger partial charge in [0.25, 0.3) is 0 Å². The fraction of sp³-hybridized carbons (Fsp3) is 0.769. The molecule has 86 valence electrons. The average molecular weight is 210 g/mol. The summed E-state index contributed by atoms with van der Waals surface area (Å²) in [5.41, 5.74) is 0.781. The molecule has 0 aromatic heterocycles. The van der Waals surface area contributed by atoms with Crippen LogP contribution in [0.3, 0.4) is 0 Å². The van der Waals surface area contributed by atoms with Crippen LogP contribution in [0.5, 0.6) is 0 Å². The monoisotopic (exact) mass is 210 g/mol. The molecule has 0 radical (unpaired) electrons. The Morgan fingerprint density at radius 1 is 1.40 bits per heavy atom. The van der Waals surface area contributed by atoms with E-state index in [4.69, 9.17) is 4.74 Å². The molecule has 1 aliphatic rings. The molecule has 1 fully saturated rings. The fourth-order valence-electron chi connectivity index (χ4n) is 2.60. The molecule has 1 saturated carbocycles. The molecular weight excluding hydrogens is 188 g/mol. The molecule has 2 heteroatoms. The third-order valence-corrected chi connectivity index (χ3v) is 2.97. The highest BCUT2D eigenvalue weighted by atomic mass is 16.5. The second-order valence-corrected chi connectivity index (χ2v) is 5.72. The summed E-state index contributed by atoms with van der Waals surface area (Å²) in [5, 5.41) is 0. The van der Waals surface area contributed by atoms with Gasteiger partial charge in [-0.25, -0.2) is 4.79 Å². The maximum Gasteiger partial charge on any atom is 0.333 e. The van der Waals surface area contributed by atoms with E-state index in [2.05, 4.69) is 27.4 Å². The molecular formula is C13H22O2. The molecule has 0 aromatic carbocycles. The van der Waals surface area contributed by atoms with Crippen LogP contribution < -0.4 is 0 Å². The van der Waals surface area contributed by atoms with E-state index in [1.54, 1.807) is 6.92 Å². The molecule has 0 saturated heterocycles. The minimum atomic E-state index is -0.245. The topological polar surface area (TPSA) is 26.3 Å². The largest absolute Gasteiger partial charge is 0.459 e. The molecule has 1 aliphatic carbocycles. The highest BCUT2D eigenvalue weighted by Crippen LogP contribution is 2.39. The Morgan fingerprint density at radius 3 is 2.47 bits per heavy atom. The molecule has 0 unspecified atom stereocenters. The molecule has 15 heavy (non-hydrogen) atoms. The average Bonchev–Trinajstić information content (AvgIpc) is 1.99. The van der Waals surface area contributed by atoms with Crippen molar-refractivity contribution < 1.29 is 9.53 Å². The molecule has 0 N–H and O–H groups in total. The van der Waals surface area contributed by atoms with E-state index in [1.165, 1.54) is 6.42 Å². The van der Waals surface area contributed by atoms with Crippen LogP contribution in [0.1, 0.15) is 47.0 Å². The van der Waals surface area contributed by atoms with Gasteiger partial charge in [-0.15, -0.1) is 0 Å². The Hall–Kier alpha value is -0.790. The summed E-state index contributed by atoms with van der Waals surface area (Å²) in [5.74, 6) is 0.390. The number of esters is 1. The van der Waals surface area contributed by atoms with Crippen LogP contribution in [0.15, 0.2) is 12.2 Å². The standard InChI is InChI=1S/C13H22O2/c1-9(2)12(14)15-11-6-10(3)7-13(4,5)8-11/h10-11H,1,6-8H2,2-5H3/t10-,11-/m0/s1. The third kappa shape index (κ3) is 3.69. The Bertz CT molecular complexity index is 266.